The fourth-order valence-electron chi connectivity index (χ4n) is 2.34. The normalized spacial score (nSPS) is 15.3. The van der Waals surface area contributed by atoms with E-state index in [9.17, 15) is 9.59 Å². The Morgan fingerprint density at radius 2 is 2.00 bits per heavy atom. The summed E-state index contributed by atoms with van der Waals surface area (Å²) in [7, 11) is 0. The van der Waals surface area contributed by atoms with Crippen LogP contribution in [0.4, 0.5) is 5.13 Å². The zero-order valence-electron chi connectivity index (χ0n) is 12.0. The summed E-state index contributed by atoms with van der Waals surface area (Å²) >= 11 is 1.47. The molecule has 1 aromatic rings. The summed E-state index contributed by atoms with van der Waals surface area (Å²) in [5, 5.41) is 6.24. The Labute approximate surface area is 123 Å². The first kappa shape index (κ1) is 15.0. The van der Waals surface area contributed by atoms with Crippen LogP contribution in [0.2, 0.25) is 0 Å². The SMILES string of the molecule is Cc1nc(NC(=O)CCNC(=O)C2CCCC2)sc1C. The smallest absolute Gasteiger partial charge is 0.227 e. The summed E-state index contributed by atoms with van der Waals surface area (Å²) < 4.78 is 0. The lowest BCUT2D eigenvalue weighted by molar-refractivity contribution is -0.124. The number of hydrogen-bond donors (Lipinski definition) is 2. The molecule has 1 heterocycles. The Kier molecular flexibility index (Phi) is 5.11. The first-order valence-corrected chi connectivity index (χ1v) is 7.89. The molecule has 0 aliphatic heterocycles. The second-order valence-electron chi connectivity index (χ2n) is 5.23. The van der Waals surface area contributed by atoms with Crippen LogP contribution in [0.25, 0.3) is 0 Å². The highest BCUT2D eigenvalue weighted by molar-refractivity contribution is 7.15. The van der Waals surface area contributed by atoms with Gasteiger partial charge in [0.05, 0.1) is 5.69 Å². The Morgan fingerprint density at radius 3 is 2.60 bits per heavy atom. The van der Waals surface area contributed by atoms with Crippen LogP contribution in [0.5, 0.6) is 0 Å². The maximum absolute atomic E-state index is 11.8. The van der Waals surface area contributed by atoms with Gasteiger partial charge in [0.1, 0.15) is 0 Å². The molecule has 2 rings (SSSR count). The molecule has 0 bridgehead atoms. The summed E-state index contributed by atoms with van der Waals surface area (Å²) in [5.74, 6) is 0.143. The highest BCUT2D eigenvalue weighted by Crippen LogP contribution is 2.24. The number of aromatic nitrogens is 1. The van der Waals surface area contributed by atoms with Crippen LogP contribution in [0.15, 0.2) is 0 Å². The number of carbonyl (C=O) groups excluding carboxylic acids is 2. The minimum Gasteiger partial charge on any atom is -0.355 e. The zero-order valence-corrected chi connectivity index (χ0v) is 12.8. The third-order valence-electron chi connectivity index (χ3n) is 3.65. The van der Waals surface area contributed by atoms with Crippen molar-refractivity contribution in [1.29, 1.82) is 0 Å². The van der Waals surface area contributed by atoms with E-state index in [1.54, 1.807) is 0 Å². The van der Waals surface area contributed by atoms with Crippen molar-refractivity contribution in [2.45, 2.75) is 46.0 Å². The molecule has 1 aliphatic carbocycles. The van der Waals surface area contributed by atoms with Gasteiger partial charge in [-0.05, 0) is 26.7 Å². The van der Waals surface area contributed by atoms with Crippen molar-refractivity contribution in [3.63, 3.8) is 0 Å². The van der Waals surface area contributed by atoms with Gasteiger partial charge in [-0.25, -0.2) is 4.98 Å². The molecule has 0 aromatic carbocycles. The third-order valence-corrected chi connectivity index (χ3v) is 4.64. The van der Waals surface area contributed by atoms with E-state index in [1.165, 1.54) is 11.3 Å². The number of hydrogen-bond acceptors (Lipinski definition) is 4. The topological polar surface area (TPSA) is 71.1 Å². The van der Waals surface area contributed by atoms with Gasteiger partial charge in [-0.3, -0.25) is 9.59 Å². The zero-order chi connectivity index (χ0) is 14.5. The molecular formula is C14H21N3O2S. The Hall–Kier alpha value is -1.43. The molecule has 0 saturated heterocycles. The summed E-state index contributed by atoms with van der Waals surface area (Å²) in [6, 6.07) is 0. The highest BCUT2D eigenvalue weighted by Gasteiger charge is 2.22. The van der Waals surface area contributed by atoms with Gasteiger partial charge in [0.25, 0.3) is 0 Å². The second-order valence-corrected chi connectivity index (χ2v) is 6.43. The van der Waals surface area contributed by atoms with E-state index in [0.29, 0.717) is 11.7 Å². The molecule has 110 valence electrons. The van der Waals surface area contributed by atoms with Crippen molar-refractivity contribution < 1.29 is 9.59 Å². The van der Waals surface area contributed by atoms with Gasteiger partial charge in [0, 0.05) is 23.8 Å². The number of aryl methyl sites for hydroxylation is 2. The molecule has 1 aliphatic rings. The molecule has 0 unspecified atom stereocenters. The summed E-state index contributed by atoms with van der Waals surface area (Å²) in [6.45, 7) is 4.29. The average molecular weight is 295 g/mol. The third kappa shape index (κ3) is 4.03. The molecule has 2 N–H and O–H groups in total. The number of carbonyl (C=O) groups is 2. The predicted octanol–water partition coefficient (Wildman–Crippen LogP) is 2.39. The minimum absolute atomic E-state index is 0.0937. The molecule has 1 saturated carbocycles. The fourth-order valence-corrected chi connectivity index (χ4v) is 3.17. The molecule has 1 fully saturated rings. The molecule has 0 spiro atoms. The van der Waals surface area contributed by atoms with E-state index in [1.807, 2.05) is 13.8 Å². The molecular weight excluding hydrogens is 274 g/mol. The maximum Gasteiger partial charge on any atom is 0.227 e. The van der Waals surface area contributed by atoms with E-state index < -0.39 is 0 Å². The Balaban J connectivity index is 1.68. The predicted molar refractivity (Wildman–Crippen MR) is 79.8 cm³/mol. The number of rotatable bonds is 5. The molecule has 6 heteroatoms. The van der Waals surface area contributed by atoms with E-state index in [2.05, 4.69) is 15.6 Å². The van der Waals surface area contributed by atoms with Crippen molar-refractivity contribution in [2.24, 2.45) is 5.92 Å². The Morgan fingerprint density at radius 1 is 1.30 bits per heavy atom. The number of nitrogens with zero attached hydrogens (tertiary/aromatic N) is 1. The van der Waals surface area contributed by atoms with Crippen LogP contribution < -0.4 is 10.6 Å². The summed E-state index contributed by atoms with van der Waals surface area (Å²) in [6.07, 6.45) is 4.53. The number of amides is 2. The first-order valence-electron chi connectivity index (χ1n) is 7.08. The number of anilines is 1. The van der Waals surface area contributed by atoms with Gasteiger partial charge in [-0.1, -0.05) is 12.8 Å². The van der Waals surface area contributed by atoms with Crippen molar-refractivity contribution in [2.75, 3.05) is 11.9 Å². The van der Waals surface area contributed by atoms with Gasteiger partial charge >= 0.3 is 0 Å². The van der Waals surface area contributed by atoms with Crippen LogP contribution >= 0.6 is 11.3 Å². The summed E-state index contributed by atoms with van der Waals surface area (Å²) in [4.78, 5) is 28.9. The molecule has 1 aromatic heterocycles. The largest absolute Gasteiger partial charge is 0.355 e. The first-order chi connectivity index (χ1) is 9.56. The second kappa shape index (κ2) is 6.83. The van der Waals surface area contributed by atoms with Crippen molar-refractivity contribution in [1.82, 2.24) is 10.3 Å². The molecule has 5 nitrogen and oxygen atoms in total. The minimum atomic E-state index is -0.106. The lowest BCUT2D eigenvalue weighted by Crippen LogP contribution is -2.31. The summed E-state index contributed by atoms with van der Waals surface area (Å²) in [5.41, 5.74) is 0.944. The molecule has 2 amide bonds. The van der Waals surface area contributed by atoms with E-state index in [4.69, 9.17) is 0 Å². The van der Waals surface area contributed by atoms with E-state index >= 15 is 0 Å². The Bertz CT molecular complexity index is 473. The van der Waals surface area contributed by atoms with Gasteiger partial charge in [0.15, 0.2) is 5.13 Å². The average Bonchev–Trinajstić information content (AvgIpc) is 3.00. The number of thiazole rings is 1. The monoisotopic (exact) mass is 295 g/mol. The van der Waals surface area contributed by atoms with E-state index in [0.717, 1.165) is 36.3 Å². The van der Waals surface area contributed by atoms with Crippen LogP contribution in [-0.2, 0) is 9.59 Å². The fraction of sp³-hybridized carbons (Fsp3) is 0.643. The van der Waals surface area contributed by atoms with Gasteiger partial charge < -0.3 is 10.6 Å². The van der Waals surface area contributed by atoms with Crippen molar-refractivity contribution in [3.8, 4) is 0 Å². The van der Waals surface area contributed by atoms with Crippen LogP contribution in [0.3, 0.4) is 0 Å². The molecule has 0 radical (unpaired) electrons. The lowest BCUT2D eigenvalue weighted by Gasteiger charge is -2.09. The van der Waals surface area contributed by atoms with Crippen molar-refractivity contribution in [3.05, 3.63) is 10.6 Å². The van der Waals surface area contributed by atoms with Crippen LogP contribution in [0, 0.1) is 19.8 Å². The molecule has 20 heavy (non-hydrogen) atoms. The number of nitrogens with one attached hydrogen (secondary N) is 2. The quantitative estimate of drug-likeness (QED) is 0.876. The van der Waals surface area contributed by atoms with Gasteiger partial charge in [0.2, 0.25) is 11.8 Å². The lowest BCUT2D eigenvalue weighted by atomic mass is 10.1. The molecule has 0 atom stereocenters. The van der Waals surface area contributed by atoms with Crippen LogP contribution in [0.1, 0.15) is 42.7 Å². The van der Waals surface area contributed by atoms with Crippen LogP contribution in [-0.4, -0.2) is 23.3 Å². The van der Waals surface area contributed by atoms with Gasteiger partial charge in [-0.15, -0.1) is 11.3 Å². The maximum atomic E-state index is 11.8. The van der Waals surface area contributed by atoms with E-state index in [-0.39, 0.29) is 24.2 Å². The van der Waals surface area contributed by atoms with Gasteiger partial charge in [-0.2, -0.15) is 0 Å². The highest BCUT2D eigenvalue weighted by atomic mass is 32.1. The standard InChI is InChI=1S/C14H21N3O2S/c1-9-10(2)20-14(16-9)17-12(18)7-8-15-13(19)11-5-3-4-6-11/h11H,3-8H2,1-2H3,(H,15,19)(H,16,17,18). The van der Waals surface area contributed by atoms with Crippen molar-refractivity contribution >= 4 is 28.3 Å².